The average molecular weight is 476 g/mol. The molecule has 0 saturated carbocycles. The number of halogens is 1. The minimum Gasteiger partial charge on any atom is -0.457 e. The topological polar surface area (TPSA) is 95.1 Å². The van der Waals surface area contributed by atoms with E-state index in [1.807, 2.05) is 65.5 Å². The van der Waals surface area contributed by atoms with Gasteiger partial charge in [-0.2, -0.15) is 0 Å². The first-order chi connectivity index (χ1) is 16.0. The van der Waals surface area contributed by atoms with Gasteiger partial charge in [0, 0.05) is 46.5 Å². The number of ether oxygens (including phenoxy) is 1. The van der Waals surface area contributed by atoms with Gasteiger partial charge in [0.15, 0.2) is 0 Å². The van der Waals surface area contributed by atoms with Crippen LogP contribution in [-0.4, -0.2) is 20.4 Å². The molecule has 0 aliphatic carbocycles. The lowest BCUT2D eigenvalue weighted by Crippen LogP contribution is -2.12. The summed E-state index contributed by atoms with van der Waals surface area (Å²) in [5.41, 5.74) is 8.98. The van der Waals surface area contributed by atoms with Crippen LogP contribution in [0.5, 0.6) is 11.5 Å². The van der Waals surface area contributed by atoms with E-state index in [2.05, 4.69) is 10.3 Å². The van der Waals surface area contributed by atoms with Crippen molar-refractivity contribution in [3.8, 4) is 21.9 Å². The minimum atomic E-state index is -0.610. The Morgan fingerprint density at radius 2 is 1.97 bits per heavy atom. The number of nitrogens with two attached hydrogens (primary N) is 1. The summed E-state index contributed by atoms with van der Waals surface area (Å²) in [7, 11) is 1.94. The summed E-state index contributed by atoms with van der Waals surface area (Å²) in [6.07, 6.45) is 1.48. The van der Waals surface area contributed by atoms with E-state index >= 15 is 0 Å². The number of carbonyl (C=O) groups is 1. The van der Waals surface area contributed by atoms with Gasteiger partial charge in [0.1, 0.15) is 17.2 Å². The van der Waals surface area contributed by atoms with E-state index in [1.54, 1.807) is 17.4 Å². The lowest BCUT2D eigenvalue weighted by atomic mass is 10.1. The fourth-order valence-electron chi connectivity index (χ4n) is 3.45. The van der Waals surface area contributed by atoms with Gasteiger partial charge in [-0.1, -0.05) is 17.7 Å². The van der Waals surface area contributed by atoms with Crippen LogP contribution < -0.4 is 15.8 Å². The van der Waals surface area contributed by atoms with Crippen LogP contribution in [0, 0.1) is 0 Å². The Morgan fingerprint density at radius 3 is 2.76 bits per heavy atom. The van der Waals surface area contributed by atoms with Crippen LogP contribution in [0.2, 0.25) is 5.02 Å². The Hall–Kier alpha value is -3.88. The number of aromatic nitrogens is 3. The molecule has 0 aliphatic heterocycles. The monoisotopic (exact) mass is 475 g/mol. The number of thiophene rings is 1. The number of pyridine rings is 1. The molecule has 0 saturated heterocycles. The molecule has 164 valence electrons. The molecule has 0 radical (unpaired) electrons. The zero-order valence-electron chi connectivity index (χ0n) is 17.4. The Bertz CT molecular complexity index is 1480. The van der Waals surface area contributed by atoms with Gasteiger partial charge >= 0.3 is 0 Å². The first kappa shape index (κ1) is 21.0. The highest BCUT2D eigenvalue weighted by atomic mass is 35.5. The highest BCUT2D eigenvalue weighted by Crippen LogP contribution is 2.35. The molecule has 0 aliphatic rings. The number of hydrogen-bond acceptors (Lipinski definition) is 6. The number of anilines is 2. The third-order valence-electron chi connectivity index (χ3n) is 5.08. The lowest BCUT2D eigenvalue weighted by molar-refractivity contribution is 0.0995. The van der Waals surface area contributed by atoms with Crippen molar-refractivity contribution in [2.24, 2.45) is 12.8 Å². The van der Waals surface area contributed by atoms with E-state index in [0.717, 1.165) is 27.2 Å². The highest BCUT2D eigenvalue weighted by molar-refractivity contribution is 7.13. The van der Waals surface area contributed by atoms with Crippen molar-refractivity contribution in [1.82, 2.24) is 14.5 Å². The Kier molecular flexibility index (Phi) is 5.45. The molecule has 2 aromatic carbocycles. The zero-order chi connectivity index (χ0) is 22.9. The summed E-state index contributed by atoms with van der Waals surface area (Å²) in [5, 5.41) is 6.10. The smallest absolute Gasteiger partial charge is 0.267 e. The standard InChI is InChI=1S/C24H18ClN5O2S/c1-30-21-7-5-15(32-16-8-9-27-20(13-16)23(26)31)12-19(21)29-24(30)28-14-4-6-18(25)17(11-14)22-3-2-10-33-22/h2-13H,1H3,(H2,26,31)(H,28,29). The van der Waals surface area contributed by atoms with E-state index in [1.165, 1.54) is 12.3 Å². The van der Waals surface area contributed by atoms with Gasteiger partial charge in [-0.25, -0.2) is 4.98 Å². The third kappa shape index (κ3) is 4.26. The summed E-state index contributed by atoms with van der Waals surface area (Å²) in [6, 6.07) is 18.6. The number of imidazole rings is 1. The second kappa shape index (κ2) is 8.57. The molecule has 5 aromatic rings. The number of carbonyl (C=O) groups excluding carboxylic acids is 1. The molecule has 3 heterocycles. The molecular weight excluding hydrogens is 458 g/mol. The Morgan fingerprint density at radius 1 is 1.12 bits per heavy atom. The van der Waals surface area contributed by atoms with Crippen LogP contribution in [0.4, 0.5) is 11.6 Å². The van der Waals surface area contributed by atoms with E-state index < -0.39 is 5.91 Å². The first-order valence-corrected chi connectivity index (χ1v) is 11.2. The maximum Gasteiger partial charge on any atom is 0.267 e. The Balaban J connectivity index is 1.43. The predicted octanol–water partition coefficient (Wildman–Crippen LogP) is 5.99. The summed E-state index contributed by atoms with van der Waals surface area (Å²) < 4.78 is 7.85. The predicted molar refractivity (Wildman–Crippen MR) is 132 cm³/mol. The van der Waals surface area contributed by atoms with Crippen LogP contribution in [0.1, 0.15) is 10.5 Å². The van der Waals surface area contributed by atoms with Crippen molar-refractivity contribution in [1.29, 1.82) is 0 Å². The van der Waals surface area contributed by atoms with Crippen LogP contribution >= 0.6 is 22.9 Å². The van der Waals surface area contributed by atoms with Gasteiger partial charge in [-0.15, -0.1) is 11.3 Å². The fourth-order valence-corrected chi connectivity index (χ4v) is 4.49. The number of amides is 1. The molecule has 33 heavy (non-hydrogen) atoms. The van der Waals surface area contributed by atoms with Crippen molar-refractivity contribution in [3.63, 3.8) is 0 Å². The zero-order valence-corrected chi connectivity index (χ0v) is 19.0. The minimum absolute atomic E-state index is 0.141. The van der Waals surface area contributed by atoms with Crippen LogP contribution in [0.3, 0.4) is 0 Å². The molecule has 0 atom stereocenters. The van der Waals surface area contributed by atoms with Gasteiger partial charge in [-0.3, -0.25) is 9.78 Å². The second-order valence-corrected chi connectivity index (χ2v) is 8.64. The second-order valence-electron chi connectivity index (χ2n) is 7.28. The molecule has 0 unspecified atom stereocenters. The number of nitrogens with one attached hydrogen (secondary N) is 1. The highest BCUT2D eigenvalue weighted by Gasteiger charge is 2.12. The molecule has 0 fully saturated rings. The lowest BCUT2D eigenvalue weighted by Gasteiger charge is -2.09. The molecule has 7 nitrogen and oxygen atoms in total. The molecule has 0 bridgehead atoms. The van der Waals surface area contributed by atoms with Gasteiger partial charge in [0.25, 0.3) is 5.91 Å². The van der Waals surface area contributed by atoms with Gasteiger partial charge in [0.2, 0.25) is 5.95 Å². The molecular formula is C24H18ClN5O2S. The summed E-state index contributed by atoms with van der Waals surface area (Å²) in [5.74, 6) is 1.12. The maximum absolute atomic E-state index is 11.4. The largest absolute Gasteiger partial charge is 0.457 e. The van der Waals surface area contributed by atoms with Crippen LogP contribution in [0.15, 0.2) is 72.2 Å². The van der Waals surface area contributed by atoms with Crippen molar-refractivity contribution >= 4 is 51.5 Å². The van der Waals surface area contributed by atoms with Crippen LogP contribution in [-0.2, 0) is 7.05 Å². The number of aryl methyl sites for hydroxylation is 1. The number of fused-ring (bicyclic) bond motifs is 1. The van der Waals surface area contributed by atoms with Crippen molar-refractivity contribution in [3.05, 3.63) is 83.0 Å². The van der Waals surface area contributed by atoms with E-state index in [9.17, 15) is 4.79 Å². The summed E-state index contributed by atoms with van der Waals surface area (Å²) in [6.45, 7) is 0. The maximum atomic E-state index is 11.4. The quantitative estimate of drug-likeness (QED) is 0.314. The molecule has 1 amide bonds. The summed E-state index contributed by atoms with van der Waals surface area (Å²) in [4.78, 5) is 21.1. The first-order valence-electron chi connectivity index (χ1n) is 9.98. The SMILES string of the molecule is Cn1c(Nc2ccc(Cl)c(-c3cccs3)c2)nc2cc(Oc3ccnc(C(N)=O)c3)ccc21. The van der Waals surface area contributed by atoms with Crippen LogP contribution in [0.25, 0.3) is 21.5 Å². The molecule has 5 rings (SSSR count). The van der Waals surface area contributed by atoms with Gasteiger partial charge < -0.3 is 20.4 Å². The number of rotatable bonds is 6. The van der Waals surface area contributed by atoms with Crippen molar-refractivity contribution in [2.45, 2.75) is 0 Å². The number of hydrogen-bond donors (Lipinski definition) is 2. The number of benzene rings is 2. The normalized spacial score (nSPS) is 11.0. The van der Waals surface area contributed by atoms with Crippen molar-refractivity contribution < 1.29 is 9.53 Å². The van der Waals surface area contributed by atoms with E-state index in [-0.39, 0.29) is 5.69 Å². The molecule has 0 spiro atoms. The van der Waals surface area contributed by atoms with Gasteiger partial charge in [-0.05, 0) is 47.8 Å². The van der Waals surface area contributed by atoms with E-state index in [4.69, 9.17) is 27.1 Å². The third-order valence-corrected chi connectivity index (χ3v) is 6.31. The molecule has 9 heteroatoms. The average Bonchev–Trinajstić information content (AvgIpc) is 3.44. The summed E-state index contributed by atoms with van der Waals surface area (Å²) >= 11 is 8.05. The Labute approximate surface area is 198 Å². The van der Waals surface area contributed by atoms with Crippen molar-refractivity contribution in [2.75, 3.05) is 5.32 Å². The van der Waals surface area contributed by atoms with Gasteiger partial charge in [0.05, 0.1) is 11.0 Å². The fraction of sp³-hybridized carbons (Fsp3) is 0.0417. The number of primary amides is 1. The number of nitrogens with zero attached hydrogens (tertiary/aromatic N) is 3. The molecule has 3 aromatic heterocycles. The molecule has 3 N–H and O–H groups in total. The van der Waals surface area contributed by atoms with E-state index in [0.29, 0.717) is 22.5 Å².